The minimum absolute atomic E-state index is 0.101. The summed E-state index contributed by atoms with van der Waals surface area (Å²) < 4.78 is 0. The molecule has 0 spiro atoms. The zero-order valence-corrected chi connectivity index (χ0v) is 15.3. The maximum atomic E-state index is 11.0. The van der Waals surface area contributed by atoms with E-state index in [1.165, 1.54) is 64.2 Å². The molecule has 0 saturated heterocycles. The number of hydrogen-bond acceptors (Lipinski definition) is 2. The van der Waals surface area contributed by atoms with Gasteiger partial charge in [0.25, 0.3) is 0 Å². The quantitative estimate of drug-likeness (QED) is 0.236. The van der Waals surface area contributed by atoms with Gasteiger partial charge in [-0.2, -0.15) is 0 Å². The van der Waals surface area contributed by atoms with E-state index in [0.29, 0.717) is 5.56 Å². The highest BCUT2D eigenvalue weighted by atomic mass is 16.3. The summed E-state index contributed by atoms with van der Waals surface area (Å²) >= 11 is 0. The summed E-state index contributed by atoms with van der Waals surface area (Å²) in [5.41, 5.74) is 1.43. The van der Waals surface area contributed by atoms with Crippen LogP contribution in [0.1, 0.15) is 93.5 Å². The van der Waals surface area contributed by atoms with Crippen LogP contribution in [0.2, 0.25) is 0 Å². The van der Waals surface area contributed by atoms with Crippen LogP contribution in [0.25, 0.3) is 0 Å². The average Bonchev–Trinajstić information content (AvgIpc) is 2.59. The minimum atomic E-state index is 0.101. The van der Waals surface area contributed by atoms with Crippen molar-refractivity contribution >= 4 is 6.29 Å². The zero-order chi connectivity index (χ0) is 17.5. The highest BCUT2D eigenvalue weighted by molar-refractivity contribution is 5.81. The van der Waals surface area contributed by atoms with Crippen molar-refractivity contribution in [3.05, 3.63) is 41.5 Å². The lowest BCUT2D eigenvalue weighted by Crippen LogP contribution is -1.93. The molecule has 24 heavy (non-hydrogen) atoms. The van der Waals surface area contributed by atoms with E-state index < -0.39 is 0 Å². The Morgan fingerprint density at radius 2 is 1.50 bits per heavy atom. The molecule has 1 aromatic carbocycles. The van der Waals surface area contributed by atoms with Gasteiger partial charge in [0.2, 0.25) is 0 Å². The topological polar surface area (TPSA) is 37.3 Å². The highest BCUT2D eigenvalue weighted by Gasteiger charge is 2.05. The van der Waals surface area contributed by atoms with Crippen molar-refractivity contribution in [1.29, 1.82) is 0 Å². The van der Waals surface area contributed by atoms with Crippen LogP contribution in [-0.2, 0) is 6.42 Å². The maximum absolute atomic E-state index is 11.0. The van der Waals surface area contributed by atoms with Crippen LogP contribution in [0.4, 0.5) is 0 Å². The summed E-state index contributed by atoms with van der Waals surface area (Å²) in [5, 5.41) is 9.66. The summed E-state index contributed by atoms with van der Waals surface area (Å²) in [7, 11) is 0. The van der Waals surface area contributed by atoms with Crippen molar-refractivity contribution in [2.75, 3.05) is 0 Å². The Kier molecular flexibility index (Phi) is 11.8. The molecule has 0 aromatic heterocycles. The van der Waals surface area contributed by atoms with Crippen LogP contribution in [0.5, 0.6) is 5.75 Å². The summed E-state index contributed by atoms with van der Waals surface area (Å²) in [6.45, 7) is 2.25. The van der Waals surface area contributed by atoms with Crippen molar-refractivity contribution in [1.82, 2.24) is 0 Å². The molecule has 2 heteroatoms. The number of unbranched alkanes of at least 4 members (excludes halogenated alkanes) is 9. The Bertz CT molecular complexity index is 477. The fourth-order valence-electron chi connectivity index (χ4n) is 2.99. The van der Waals surface area contributed by atoms with Crippen molar-refractivity contribution in [3.8, 4) is 5.75 Å². The first-order chi connectivity index (χ1) is 11.8. The molecule has 0 radical (unpaired) electrons. The Hall–Kier alpha value is -1.57. The predicted octanol–water partition coefficient (Wildman–Crippen LogP) is 6.61. The molecule has 1 aromatic rings. The molecular weight excluding hydrogens is 296 g/mol. The minimum Gasteiger partial charge on any atom is -0.507 e. The first-order valence-corrected chi connectivity index (χ1v) is 9.70. The van der Waals surface area contributed by atoms with Gasteiger partial charge >= 0.3 is 0 Å². The summed E-state index contributed by atoms with van der Waals surface area (Å²) in [4.78, 5) is 11.0. The van der Waals surface area contributed by atoms with Gasteiger partial charge in [-0.15, -0.1) is 0 Å². The van der Waals surface area contributed by atoms with Crippen LogP contribution >= 0.6 is 0 Å². The molecule has 0 amide bonds. The number of allylic oxidation sites excluding steroid dienone is 2. The van der Waals surface area contributed by atoms with Crippen molar-refractivity contribution in [3.63, 3.8) is 0 Å². The van der Waals surface area contributed by atoms with E-state index >= 15 is 0 Å². The average molecular weight is 331 g/mol. The second-order valence-corrected chi connectivity index (χ2v) is 6.59. The summed E-state index contributed by atoms with van der Waals surface area (Å²) in [5.74, 6) is 0.101. The third-order valence-corrected chi connectivity index (χ3v) is 4.50. The van der Waals surface area contributed by atoms with Gasteiger partial charge in [0.1, 0.15) is 5.75 Å². The second-order valence-electron chi connectivity index (χ2n) is 6.59. The number of aldehydes is 1. The normalized spacial score (nSPS) is 11.2. The molecule has 0 saturated carbocycles. The van der Waals surface area contributed by atoms with Gasteiger partial charge < -0.3 is 5.11 Å². The van der Waals surface area contributed by atoms with E-state index in [1.54, 1.807) is 6.07 Å². The van der Waals surface area contributed by atoms with Crippen molar-refractivity contribution < 1.29 is 9.90 Å². The van der Waals surface area contributed by atoms with Crippen LogP contribution in [0.15, 0.2) is 30.4 Å². The van der Waals surface area contributed by atoms with Crippen molar-refractivity contribution in [2.24, 2.45) is 0 Å². The Balaban J connectivity index is 2.00. The molecule has 1 N–H and O–H groups in total. The first kappa shape index (κ1) is 20.5. The number of rotatable bonds is 14. The summed E-state index contributed by atoms with van der Waals surface area (Å²) in [6.07, 6.45) is 20.2. The van der Waals surface area contributed by atoms with E-state index in [4.69, 9.17) is 0 Å². The van der Waals surface area contributed by atoms with E-state index in [0.717, 1.165) is 24.7 Å². The molecule has 0 unspecified atom stereocenters. The Labute approximate surface area is 148 Å². The molecule has 0 aliphatic rings. The number of hydrogen-bond donors (Lipinski definition) is 1. The number of carbonyl (C=O) groups is 1. The molecule has 134 valence electrons. The molecule has 2 nitrogen and oxygen atoms in total. The Morgan fingerprint density at radius 1 is 0.875 bits per heavy atom. The molecule has 0 heterocycles. The van der Waals surface area contributed by atoms with Gasteiger partial charge in [-0.25, -0.2) is 0 Å². The molecule has 0 fully saturated rings. The van der Waals surface area contributed by atoms with Crippen LogP contribution in [0.3, 0.4) is 0 Å². The molecule has 1 rings (SSSR count). The lowest BCUT2D eigenvalue weighted by molar-refractivity contribution is 0.112. The van der Waals surface area contributed by atoms with Gasteiger partial charge in [0, 0.05) is 0 Å². The fourth-order valence-corrected chi connectivity index (χ4v) is 2.99. The molecule has 0 aliphatic heterocycles. The van der Waals surface area contributed by atoms with Gasteiger partial charge in [-0.3, -0.25) is 4.79 Å². The molecule has 0 bridgehead atoms. The Morgan fingerprint density at radius 3 is 2.17 bits per heavy atom. The molecule has 0 aliphatic carbocycles. The van der Waals surface area contributed by atoms with Crippen LogP contribution < -0.4 is 0 Å². The van der Waals surface area contributed by atoms with E-state index in [-0.39, 0.29) is 5.75 Å². The summed E-state index contributed by atoms with van der Waals surface area (Å²) in [6, 6.07) is 5.32. The number of aryl methyl sites for hydroxylation is 1. The van der Waals surface area contributed by atoms with Gasteiger partial charge in [-0.1, -0.05) is 69.7 Å². The number of phenolic OH excluding ortho intramolecular Hbond substituents is 1. The second kappa shape index (κ2) is 13.8. The number of phenols is 1. The molecule has 0 atom stereocenters. The zero-order valence-electron chi connectivity index (χ0n) is 15.3. The largest absolute Gasteiger partial charge is 0.507 e. The van der Waals surface area contributed by atoms with Gasteiger partial charge in [0.05, 0.1) is 5.56 Å². The number of benzene rings is 1. The molecular formula is C22H34O2. The number of aromatic hydroxyl groups is 1. The monoisotopic (exact) mass is 330 g/mol. The van der Waals surface area contributed by atoms with Gasteiger partial charge in [0.15, 0.2) is 6.29 Å². The third-order valence-electron chi connectivity index (χ3n) is 4.50. The predicted molar refractivity (Wildman–Crippen MR) is 103 cm³/mol. The fraction of sp³-hybridized carbons (Fsp3) is 0.591. The lowest BCUT2D eigenvalue weighted by atomic mass is 10.0. The smallest absolute Gasteiger partial charge is 0.154 e. The lowest BCUT2D eigenvalue weighted by Gasteiger charge is -2.06. The highest BCUT2D eigenvalue weighted by Crippen LogP contribution is 2.21. The maximum Gasteiger partial charge on any atom is 0.154 e. The standard InChI is InChI=1S/C22H34O2/c1-2-3-4-5-6-7-8-9-10-11-12-13-14-16-20-17-15-18-22(24)21(20)19-23/h7-8,15,17-19,24H,2-6,9-14,16H2,1H3/b8-7+. The van der Waals surface area contributed by atoms with Crippen LogP contribution in [-0.4, -0.2) is 11.4 Å². The third kappa shape index (κ3) is 8.90. The van der Waals surface area contributed by atoms with E-state index in [1.807, 2.05) is 12.1 Å². The van der Waals surface area contributed by atoms with Crippen molar-refractivity contribution in [2.45, 2.75) is 84.0 Å². The first-order valence-electron chi connectivity index (χ1n) is 9.70. The van der Waals surface area contributed by atoms with E-state index in [9.17, 15) is 9.90 Å². The number of carbonyl (C=O) groups excluding carboxylic acids is 1. The van der Waals surface area contributed by atoms with E-state index in [2.05, 4.69) is 19.1 Å². The SMILES string of the molecule is CCCCCC/C=C/CCCCCCCc1cccc(O)c1C=O. The van der Waals surface area contributed by atoms with Gasteiger partial charge in [-0.05, 0) is 50.2 Å². The van der Waals surface area contributed by atoms with Crippen LogP contribution in [0, 0.1) is 0 Å².